The van der Waals surface area contributed by atoms with Crippen molar-refractivity contribution in [1.29, 1.82) is 0 Å². The Morgan fingerprint density at radius 1 is 0.479 bits per heavy atom. The number of nitrogens with zero attached hydrogens (tertiary/aromatic N) is 13. The molecule has 0 aliphatic heterocycles. The average Bonchev–Trinajstić information content (AvgIpc) is 1.59. The molecule has 15 rings (SSSR count). The molecule has 3 unspecified atom stereocenters. The number of hydrogen-bond acceptors (Lipinski definition) is 15. The van der Waals surface area contributed by atoms with Gasteiger partial charge in [-0.2, -0.15) is 13.2 Å². The van der Waals surface area contributed by atoms with E-state index in [4.69, 9.17) is 77.4 Å². The number of anilines is 4. The third kappa shape index (κ3) is 17.9. The second kappa shape index (κ2) is 36.1. The number of para-hydroxylation sites is 1. The van der Waals surface area contributed by atoms with E-state index < -0.39 is 51.1 Å². The molecule has 0 aliphatic carbocycles. The molecule has 622 valence electrons. The van der Waals surface area contributed by atoms with Crippen molar-refractivity contribution < 1.29 is 42.8 Å². The van der Waals surface area contributed by atoms with Gasteiger partial charge in [-0.3, -0.25) is 4.98 Å². The fourth-order valence-electron chi connectivity index (χ4n) is 14.9. The summed E-state index contributed by atoms with van der Waals surface area (Å²) in [5, 5.41) is 39.8. The second-order valence-electron chi connectivity index (χ2n) is 30.2. The lowest BCUT2D eigenvalue weighted by Crippen LogP contribution is -2.36. The van der Waals surface area contributed by atoms with Crippen molar-refractivity contribution in [2.75, 3.05) is 40.9 Å². The molecule has 7 aromatic heterocycles. The minimum atomic E-state index is -4.85. The molecule has 15 aromatic rings. The third-order valence-corrected chi connectivity index (χ3v) is 22.7. The smallest absolute Gasteiger partial charge is 0.420 e. The zero-order valence-corrected chi connectivity index (χ0v) is 72.3. The molecule has 0 radical (unpaired) electrons. The molecule has 0 saturated heterocycles. The zero-order valence-electron chi connectivity index (χ0n) is 68.5. The lowest BCUT2D eigenvalue weighted by molar-refractivity contribution is -0.137. The Labute approximate surface area is 724 Å². The number of carbonyl (C=O) groups is 1. The van der Waals surface area contributed by atoms with E-state index in [9.17, 15) is 33.3 Å². The molecule has 0 saturated carbocycles. The van der Waals surface area contributed by atoms with Crippen molar-refractivity contribution in [3.05, 3.63) is 348 Å². The highest BCUT2D eigenvalue weighted by molar-refractivity contribution is 6.40. The van der Waals surface area contributed by atoms with Crippen LogP contribution in [-0.2, 0) is 55.3 Å². The third-order valence-electron chi connectivity index (χ3n) is 21.1. The summed E-state index contributed by atoms with van der Waals surface area (Å²) in [4.78, 5) is 51.0. The number of ether oxygens (including phenoxy) is 2. The van der Waals surface area contributed by atoms with Crippen LogP contribution in [0.1, 0.15) is 127 Å². The molecule has 121 heavy (non-hydrogen) atoms. The normalized spacial score (nSPS) is 13.1. The van der Waals surface area contributed by atoms with Gasteiger partial charge in [0.15, 0.2) is 33.5 Å². The van der Waals surface area contributed by atoms with Crippen LogP contribution in [0.4, 0.5) is 41.0 Å². The van der Waals surface area contributed by atoms with Gasteiger partial charge in [0.25, 0.3) is 0 Å². The van der Waals surface area contributed by atoms with E-state index in [0.717, 1.165) is 52.2 Å². The molecule has 19 nitrogen and oxygen atoms in total. The summed E-state index contributed by atoms with van der Waals surface area (Å²) in [5.41, 5.74) is 3.81. The maximum atomic E-state index is 14.6. The van der Waals surface area contributed by atoms with Crippen LogP contribution in [-0.4, -0.2) is 102 Å². The Morgan fingerprint density at radius 3 is 1.34 bits per heavy atom. The van der Waals surface area contributed by atoms with Crippen LogP contribution in [0.5, 0.6) is 11.5 Å². The zero-order chi connectivity index (χ0) is 86.6. The molecule has 3 N–H and O–H groups in total. The number of benzene rings is 8. The Balaban J connectivity index is 0.000000157. The number of amides is 1. The number of hydrogen-bond donors (Lipinski definition) is 3. The number of imidazole rings is 3. The van der Waals surface area contributed by atoms with Gasteiger partial charge in [0, 0.05) is 103 Å². The summed E-state index contributed by atoms with van der Waals surface area (Å²) in [6.45, 7) is 20.3. The summed E-state index contributed by atoms with van der Waals surface area (Å²) in [6, 6.07) is 59.2. The van der Waals surface area contributed by atoms with Crippen molar-refractivity contribution >= 4 is 120 Å². The van der Waals surface area contributed by atoms with E-state index in [1.165, 1.54) is 41.8 Å². The average molecular weight is 1730 g/mol. The van der Waals surface area contributed by atoms with Gasteiger partial charge in [0.2, 0.25) is 0 Å². The molecule has 0 spiro atoms. The summed E-state index contributed by atoms with van der Waals surface area (Å²) in [7, 11) is 5.38. The van der Waals surface area contributed by atoms with Crippen molar-refractivity contribution in [1.82, 2.24) is 48.6 Å². The van der Waals surface area contributed by atoms with E-state index >= 15 is 0 Å². The van der Waals surface area contributed by atoms with Gasteiger partial charge in [-0.25, -0.2) is 39.6 Å². The molecule has 0 bridgehead atoms. The first-order valence-electron chi connectivity index (χ1n) is 39.1. The number of fused-ring (bicyclic) bond motifs is 3. The second-order valence-corrected chi connectivity index (χ2v) is 32.2. The summed E-state index contributed by atoms with van der Waals surface area (Å²) >= 11 is 33.2. The number of alkyl halides is 3. The van der Waals surface area contributed by atoms with Crippen LogP contribution in [0, 0.1) is 13.8 Å². The molecular formula is C94H89Cl5F3N13O6. The summed E-state index contributed by atoms with van der Waals surface area (Å²) in [6.07, 6.45) is 6.30. The Bertz CT molecular complexity index is 6210. The number of aromatic nitrogens is 10. The van der Waals surface area contributed by atoms with Gasteiger partial charge in [0.05, 0.1) is 86.9 Å². The van der Waals surface area contributed by atoms with Gasteiger partial charge in [-0.05, 0) is 187 Å². The highest BCUT2D eigenvalue weighted by atomic mass is 35.5. The number of rotatable bonds is 21. The van der Waals surface area contributed by atoms with Gasteiger partial charge in [0.1, 0.15) is 28.4 Å². The Hall–Kier alpha value is -11.4. The predicted molar refractivity (Wildman–Crippen MR) is 476 cm³/mol. The first kappa shape index (κ1) is 87.4. The van der Waals surface area contributed by atoms with Crippen molar-refractivity contribution in [2.24, 2.45) is 21.1 Å². The van der Waals surface area contributed by atoms with Gasteiger partial charge in [-0.15, -0.1) is 0 Å². The maximum absolute atomic E-state index is 14.6. The van der Waals surface area contributed by atoms with Gasteiger partial charge >= 0.3 is 12.3 Å². The minimum Gasteiger partial charge on any atom is -0.453 e. The first-order chi connectivity index (χ1) is 57.7. The fraction of sp³-hybridized carbons (Fsp3) is 0.234. The van der Waals surface area contributed by atoms with Crippen molar-refractivity contribution in [3.63, 3.8) is 0 Å². The molecule has 7 heterocycles. The quantitative estimate of drug-likeness (QED) is 0.0571. The van der Waals surface area contributed by atoms with E-state index in [1.54, 1.807) is 121 Å². The van der Waals surface area contributed by atoms with E-state index in [2.05, 4.69) is 60.7 Å². The molecule has 0 aliphatic rings. The summed E-state index contributed by atoms with van der Waals surface area (Å²) < 4.78 is 60.6. The molecule has 0 fully saturated rings. The van der Waals surface area contributed by atoms with E-state index in [-0.39, 0.29) is 22.2 Å². The van der Waals surface area contributed by atoms with Crippen LogP contribution in [0.25, 0.3) is 32.7 Å². The number of aliphatic hydroxyl groups is 3. The van der Waals surface area contributed by atoms with Gasteiger partial charge in [-0.1, -0.05) is 173 Å². The number of halogens is 8. The van der Waals surface area contributed by atoms with Crippen LogP contribution < -0.4 is 19.4 Å². The molecular weight excluding hydrogens is 1640 g/mol. The van der Waals surface area contributed by atoms with Crippen LogP contribution in [0.3, 0.4) is 0 Å². The van der Waals surface area contributed by atoms with Crippen LogP contribution >= 0.6 is 58.0 Å². The molecule has 27 heteroatoms. The molecule has 8 aromatic carbocycles. The van der Waals surface area contributed by atoms with Crippen molar-refractivity contribution in [3.8, 4) is 11.5 Å². The van der Waals surface area contributed by atoms with Crippen LogP contribution in [0.2, 0.25) is 25.2 Å². The molecule has 3 atom stereocenters. The lowest BCUT2D eigenvalue weighted by Gasteiger charge is -2.33. The highest BCUT2D eigenvalue weighted by Crippen LogP contribution is 2.50. The Morgan fingerprint density at radius 2 is 0.901 bits per heavy atom. The van der Waals surface area contributed by atoms with Crippen LogP contribution in [0.15, 0.2) is 244 Å². The number of carbonyl (C=O) groups excluding carboxylic acids is 1. The van der Waals surface area contributed by atoms with E-state index in [1.807, 2.05) is 157 Å². The number of aryl methyl sites for hydroxylation is 5. The topological polar surface area (TPSA) is 211 Å². The summed E-state index contributed by atoms with van der Waals surface area (Å²) in [5.74, 6) is 0.995. The Kier molecular flexibility index (Phi) is 26.1. The predicted octanol–water partition coefficient (Wildman–Crippen LogP) is 22.2. The van der Waals surface area contributed by atoms with E-state index in [0.29, 0.717) is 113 Å². The molecule has 1 amide bonds. The highest BCUT2D eigenvalue weighted by Gasteiger charge is 2.44. The lowest BCUT2D eigenvalue weighted by atomic mass is 9.83. The fourth-order valence-corrected chi connectivity index (χ4v) is 16.0. The maximum Gasteiger partial charge on any atom is 0.420 e. The van der Waals surface area contributed by atoms with Crippen molar-refractivity contribution in [2.45, 2.75) is 97.3 Å². The first-order valence-corrected chi connectivity index (χ1v) is 41.0. The largest absolute Gasteiger partial charge is 0.453 e. The SMILES string of the molecule is CCN(CC)c1nc2ccc(C(O)(c3ccc(Cl)cc3)c3cncn3C)cc2c(Cl)c1Cc1ccccc1.CCN(CC)c1nc2ccc(C(O)(c3ccc(Cl)cc3)c3cncn3C)cc2c(Cl)c1N(C(=O)OC(C)(C)C)c1ccccc1.Cc1ccc(Oc2c(Cl)nc3ccc(C(O)(c4ccc(C)nc4)c4cncn4C)cc3c2C(F)(F)F)cc1. The van der Waals surface area contributed by atoms with Gasteiger partial charge < -0.3 is 48.3 Å². The number of pyridine rings is 4. The minimum absolute atomic E-state index is 0.00304. The standard InChI is InChI=1S/C35H37Cl2N5O3.C31H30Cl2N4O.C28H22ClF3N4O2/c1-7-41(8-2)32-31(42(26-12-10-9-11-13-26)33(43)45-34(3,4)5)30(37)27-20-24(16-19-28(27)39-32)35(44,29-21-38-22-40(29)6)23-14-17-25(36)18-15-23;1-4-37(5-2)30-26(17-21-9-7-6-8-10-21)29(33)25-18-23(13-16-27(25)35-30)31(38,28-19-34-20-36(28)3)22-11-14-24(32)15-12-22;1-16-4-9-20(10-5-16)38-25-24(28(30,31)32)21-12-18(8-11-22(21)35-26(25)29)27(37,23-14-33-15-36(23)3)19-7-6-17(2)34-13-19/h9-22,44H,7-8H2,1-6H3;6-16,18-20,38H,4-5,17H2,1-3H3;4-15,37H,1-3H3. The monoisotopic (exact) mass is 1730 g/mol.